The highest BCUT2D eigenvalue weighted by molar-refractivity contribution is 8.01. The molecule has 1 aromatic heterocycles. The number of hydrogen-bond acceptors (Lipinski definition) is 7. The van der Waals surface area contributed by atoms with Crippen LogP contribution in [0.2, 0.25) is 0 Å². The number of aromatic nitrogens is 2. The van der Waals surface area contributed by atoms with Crippen molar-refractivity contribution < 1.29 is 4.79 Å². The first kappa shape index (κ1) is 11.7. The second kappa shape index (κ2) is 6.21. The van der Waals surface area contributed by atoms with Gasteiger partial charge in [0.1, 0.15) is 0 Å². The zero-order valence-corrected chi connectivity index (χ0v) is 9.40. The Morgan fingerprint density at radius 3 is 3.07 bits per heavy atom. The molecule has 0 saturated heterocycles. The lowest BCUT2D eigenvalue weighted by molar-refractivity contribution is -0.118. The molecule has 80 valence electrons. The molecule has 6 nitrogen and oxygen atoms in total. The fourth-order valence-corrected chi connectivity index (χ4v) is 2.18. The van der Waals surface area contributed by atoms with E-state index in [-0.39, 0.29) is 11.7 Å². The topological polar surface area (TPSA) is 105 Å². The molecule has 15 heavy (non-hydrogen) atoms. The number of carbonyl (C=O) groups is 1. The van der Waals surface area contributed by atoms with E-state index in [2.05, 4.69) is 15.5 Å². The molecule has 0 aliphatic carbocycles. The van der Waals surface area contributed by atoms with Gasteiger partial charge in [0.25, 0.3) is 0 Å². The number of nitriles is 1. The number of thioether (sulfide) groups is 1. The number of nitrogens with one attached hydrogen (secondary N) is 1. The molecule has 1 aromatic rings. The highest BCUT2D eigenvalue weighted by Crippen LogP contribution is 2.22. The van der Waals surface area contributed by atoms with Crippen LogP contribution in [0.3, 0.4) is 0 Å². The van der Waals surface area contributed by atoms with Crippen LogP contribution >= 0.6 is 23.1 Å². The van der Waals surface area contributed by atoms with Crippen LogP contribution in [0.1, 0.15) is 6.42 Å². The number of rotatable bonds is 5. The van der Waals surface area contributed by atoms with E-state index in [1.807, 2.05) is 6.07 Å². The molecular formula is C7H9N5OS2. The Labute approximate surface area is 94.9 Å². The van der Waals surface area contributed by atoms with Crippen molar-refractivity contribution in [2.24, 2.45) is 0 Å². The normalized spacial score (nSPS) is 9.53. The molecule has 0 saturated carbocycles. The summed E-state index contributed by atoms with van der Waals surface area (Å²) in [7, 11) is 0. The minimum Gasteiger partial charge on any atom is -0.374 e. The third-order valence-corrected chi connectivity index (χ3v) is 3.19. The first-order chi connectivity index (χ1) is 7.22. The molecule has 0 spiro atoms. The number of nitrogens with two attached hydrogens (primary N) is 1. The molecule has 0 fully saturated rings. The molecule has 0 aliphatic rings. The largest absolute Gasteiger partial charge is 0.374 e. The Morgan fingerprint density at radius 2 is 2.47 bits per heavy atom. The van der Waals surface area contributed by atoms with Gasteiger partial charge in [0.2, 0.25) is 11.0 Å². The Balaban J connectivity index is 2.20. The third kappa shape index (κ3) is 4.62. The van der Waals surface area contributed by atoms with Crippen molar-refractivity contribution >= 4 is 34.1 Å². The molecule has 1 heterocycles. The van der Waals surface area contributed by atoms with Crippen molar-refractivity contribution in [2.75, 3.05) is 18.0 Å². The van der Waals surface area contributed by atoms with Crippen LogP contribution in [0.15, 0.2) is 4.34 Å². The summed E-state index contributed by atoms with van der Waals surface area (Å²) in [5, 5.41) is 18.6. The predicted molar refractivity (Wildman–Crippen MR) is 58.3 cm³/mol. The molecular weight excluding hydrogens is 234 g/mol. The van der Waals surface area contributed by atoms with E-state index >= 15 is 0 Å². The van der Waals surface area contributed by atoms with Crippen LogP contribution < -0.4 is 11.1 Å². The molecule has 0 aliphatic heterocycles. The first-order valence-electron chi connectivity index (χ1n) is 4.08. The van der Waals surface area contributed by atoms with E-state index in [1.165, 1.54) is 23.1 Å². The number of carbonyl (C=O) groups excluding carboxylic acids is 1. The summed E-state index contributed by atoms with van der Waals surface area (Å²) in [5.74, 6) is 0.143. The number of nitrogens with zero attached hydrogens (tertiary/aromatic N) is 3. The average Bonchev–Trinajstić information content (AvgIpc) is 2.62. The van der Waals surface area contributed by atoms with Gasteiger partial charge in [0, 0.05) is 6.54 Å². The summed E-state index contributed by atoms with van der Waals surface area (Å²) in [6, 6.07) is 1.94. The smallest absolute Gasteiger partial charge is 0.230 e. The SMILES string of the molecule is N#CCCNC(=O)CSc1nnc(N)s1. The maximum atomic E-state index is 11.2. The second-order valence-electron chi connectivity index (χ2n) is 2.45. The predicted octanol–water partition coefficient (Wildman–Crippen LogP) is 0.242. The second-order valence-corrected chi connectivity index (χ2v) is 4.68. The van der Waals surface area contributed by atoms with Crippen molar-refractivity contribution in [3.63, 3.8) is 0 Å². The standard InChI is InChI=1S/C7H9N5OS2/c8-2-1-3-10-5(13)4-14-7-12-11-6(9)15-7/h1,3-4H2,(H2,9,11)(H,10,13). The highest BCUT2D eigenvalue weighted by Gasteiger charge is 2.05. The van der Waals surface area contributed by atoms with Gasteiger partial charge >= 0.3 is 0 Å². The minimum absolute atomic E-state index is 0.121. The van der Waals surface area contributed by atoms with E-state index < -0.39 is 0 Å². The Bertz CT molecular complexity index is 372. The number of anilines is 1. The van der Waals surface area contributed by atoms with Crippen molar-refractivity contribution in [3.05, 3.63) is 0 Å². The van der Waals surface area contributed by atoms with Crippen LogP contribution in [0.25, 0.3) is 0 Å². The molecule has 0 unspecified atom stereocenters. The zero-order valence-electron chi connectivity index (χ0n) is 7.77. The van der Waals surface area contributed by atoms with E-state index in [4.69, 9.17) is 11.0 Å². The molecule has 1 rings (SSSR count). The van der Waals surface area contributed by atoms with Crippen molar-refractivity contribution in [1.29, 1.82) is 5.26 Å². The van der Waals surface area contributed by atoms with Gasteiger partial charge in [-0.05, 0) is 0 Å². The van der Waals surface area contributed by atoms with Crippen molar-refractivity contribution in [1.82, 2.24) is 15.5 Å². The number of amides is 1. The Kier molecular flexibility index (Phi) is 4.86. The lowest BCUT2D eigenvalue weighted by atomic mass is 10.4. The van der Waals surface area contributed by atoms with Gasteiger partial charge < -0.3 is 11.1 Å². The van der Waals surface area contributed by atoms with Crippen LogP contribution in [-0.2, 0) is 4.79 Å². The summed E-state index contributed by atoms with van der Waals surface area (Å²) < 4.78 is 0.669. The van der Waals surface area contributed by atoms with Crippen LogP contribution in [0.4, 0.5) is 5.13 Å². The first-order valence-corrected chi connectivity index (χ1v) is 5.88. The summed E-state index contributed by atoms with van der Waals surface area (Å²) >= 11 is 2.52. The third-order valence-electron chi connectivity index (χ3n) is 1.31. The molecule has 0 bridgehead atoms. The quantitative estimate of drug-likeness (QED) is 0.567. The van der Waals surface area contributed by atoms with Crippen LogP contribution in [0, 0.1) is 11.3 Å². The fourth-order valence-electron chi connectivity index (χ4n) is 0.715. The number of nitrogen functional groups attached to an aromatic ring is 1. The van der Waals surface area contributed by atoms with Gasteiger partial charge in [-0.15, -0.1) is 10.2 Å². The Hall–Kier alpha value is -1.33. The van der Waals surface area contributed by atoms with Gasteiger partial charge in [0.15, 0.2) is 4.34 Å². The van der Waals surface area contributed by atoms with Crippen molar-refractivity contribution in [3.8, 4) is 6.07 Å². The van der Waals surface area contributed by atoms with Crippen LogP contribution in [-0.4, -0.2) is 28.4 Å². The van der Waals surface area contributed by atoms with E-state index in [0.29, 0.717) is 22.4 Å². The van der Waals surface area contributed by atoms with Gasteiger partial charge in [-0.25, -0.2) is 0 Å². The van der Waals surface area contributed by atoms with Gasteiger partial charge in [-0.3, -0.25) is 4.79 Å². The van der Waals surface area contributed by atoms with E-state index in [9.17, 15) is 4.79 Å². The maximum absolute atomic E-state index is 11.2. The fraction of sp³-hybridized carbons (Fsp3) is 0.429. The summed E-state index contributed by atoms with van der Waals surface area (Å²) in [4.78, 5) is 11.2. The van der Waals surface area contributed by atoms with E-state index in [0.717, 1.165) is 0 Å². The monoisotopic (exact) mass is 243 g/mol. The summed E-state index contributed by atoms with van der Waals surface area (Å²) in [6.07, 6.45) is 0.322. The molecule has 0 atom stereocenters. The van der Waals surface area contributed by atoms with Crippen LogP contribution in [0.5, 0.6) is 0 Å². The summed E-state index contributed by atoms with van der Waals surface area (Å²) in [6.45, 7) is 0.383. The molecule has 8 heteroatoms. The Morgan fingerprint density at radius 1 is 1.67 bits per heavy atom. The van der Waals surface area contributed by atoms with E-state index in [1.54, 1.807) is 0 Å². The van der Waals surface area contributed by atoms with Gasteiger partial charge in [-0.1, -0.05) is 23.1 Å². The van der Waals surface area contributed by atoms with Gasteiger partial charge in [-0.2, -0.15) is 5.26 Å². The lowest BCUT2D eigenvalue weighted by Gasteiger charge is -1.99. The zero-order chi connectivity index (χ0) is 11.1. The molecule has 3 N–H and O–H groups in total. The highest BCUT2D eigenvalue weighted by atomic mass is 32.2. The molecule has 1 amide bonds. The average molecular weight is 243 g/mol. The minimum atomic E-state index is -0.121. The lowest BCUT2D eigenvalue weighted by Crippen LogP contribution is -2.25. The van der Waals surface area contributed by atoms with Crippen molar-refractivity contribution in [2.45, 2.75) is 10.8 Å². The maximum Gasteiger partial charge on any atom is 0.230 e. The summed E-state index contributed by atoms with van der Waals surface area (Å²) in [5.41, 5.74) is 5.38. The van der Waals surface area contributed by atoms with Gasteiger partial charge in [0.05, 0.1) is 18.2 Å². The number of hydrogen-bond donors (Lipinski definition) is 2. The molecule has 0 radical (unpaired) electrons. The molecule has 0 aromatic carbocycles.